The van der Waals surface area contributed by atoms with Crippen molar-refractivity contribution in [3.05, 3.63) is 18.2 Å². The SMILES string of the molecule is CCCNCc1nccn1CC(=O)N1CCCC1. The second-order valence-corrected chi connectivity index (χ2v) is 4.74. The maximum absolute atomic E-state index is 12.1. The van der Waals surface area contributed by atoms with E-state index in [1.807, 2.05) is 15.7 Å². The lowest BCUT2D eigenvalue weighted by Gasteiger charge is -2.16. The molecule has 0 atom stereocenters. The van der Waals surface area contributed by atoms with Crippen LogP contribution in [0.1, 0.15) is 32.0 Å². The second kappa shape index (κ2) is 6.54. The quantitative estimate of drug-likeness (QED) is 0.766. The smallest absolute Gasteiger partial charge is 0.242 e. The average molecular weight is 250 g/mol. The summed E-state index contributed by atoms with van der Waals surface area (Å²) in [5.41, 5.74) is 0. The van der Waals surface area contributed by atoms with E-state index in [0.717, 1.165) is 51.3 Å². The normalized spacial score (nSPS) is 15.3. The molecule has 0 saturated carbocycles. The number of aromatic nitrogens is 2. The zero-order valence-corrected chi connectivity index (χ0v) is 11.1. The van der Waals surface area contributed by atoms with Gasteiger partial charge in [-0.05, 0) is 25.8 Å². The van der Waals surface area contributed by atoms with Gasteiger partial charge in [0.25, 0.3) is 0 Å². The number of hydrogen-bond acceptors (Lipinski definition) is 3. The first-order valence-electron chi connectivity index (χ1n) is 6.79. The topological polar surface area (TPSA) is 50.2 Å². The van der Waals surface area contributed by atoms with E-state index in [9.17, 15) is 4.79 Å². The summed E-state index contributed by atoms with van der Waals surface area (Å²) in [6.07, 6.45) is 7.03. The summed E-state index contributed by atoms with van der Waals surface area (Å²) in [5, 5.41) is 3.31. The Morgan fingerprint density at radius 2 is 2.22 bits per heavy atom. The summed E-state index contributed by atoms with van der Waals surface area (Å²) in [4.78, 5) is 18.3. The minimum absolute atomic E-state index is 0.210. The number of nitrogens with zero attached hydrogens (tertiary/aromatic N) is 3. The Morgan fingerprint density at radius 3 is 2.94 bits per heavy atom. The molecule has 1 aromatic rings. The molecule has 1 amide bonds. The van der Waals surface area contributed by atoms with Gasteiger partial charge < -0.3 is 14.8 Å². The summed E-state index contributed by atoms with van der Waals surface area (Å²) in [6.45, 7) is 6.09. The second-order valence-electron chi connectivity index (χ2n) is 4.74. The number of likely N-dealkylation sites (tertiary alicyclic amines) is 1. The largest absolute Gasteiger partial charge is 0.341 e. The molecular formula is C13H22N4O. The summed E-state index contributed by atoms with van der Waals surface area (Å²) in [5.74, 6) is 1.15. The van der Waals surface area contributed by atoms with Gasteiger partial charge in [-0.15, -0.1) is 0 Å². The molecule has 0 unspecified atom stereocenters. The molecule has 2 heterocycles. The van der Waals surface area contributed by atoms with E-state index in [2.05, 4.69) is 17.2 Å². The van der Waals surface area contributed by atoms with Gasteiger partial charge in [0.2, 0.25) is 5.91 Å². The fourth-order valence-electron chi connectivity index (χ4n) is 2.24. The standard InChI is InChI=1S/C13H22N4O/c1-2-5-14-10-12-15-6-9-17(12)11-13(18)16-7-3-4-8-16/h6,9,14H,2-5,7-8,10-11H2,1H3. The number of nitrogens with one attached hydrogen (secondary N) is 1. The lowest BCUT2D eigenvalue weighted by molar-refractivity contribution is -0.130. The van der Waals surface area contributed by atoms with Crippen LogP contribution in [0.15, 0.2) is 12.4 Å². The van der Waals surface area contributed by atoms with Crippen molar-refractivity contribution in [2.24, 2.45) is 0 Å². The first-order chi connectivity index (χ1) is 8.81. The highest BCUT2D eigenvalue weighted by Gasteiger charge is 2.18. The molecule has 0 bridgehead atoms. The van der Waals surface area contributed by atoms with Crippen LogP contribution in [0.3, 0.4) is 0 Å². The molecule has 0 aromatic carbocycles. The highest BCUT2D eigenvalue weighted by Crippen LogP contribution is 2.09. The zero-order chi connectivity index (χ0) is 12.8. The molecule has 5 heteroatoms. The summed E-state index contributed by atoms with van der Waals surface area (Å²) in [7, 11) is 0. The van der Waals surface area contributed by atoms with Gasteiger partial charge in [-0.3, -0.25) is 4.79 Å². The number of carbonyl (C=O) groups is 1. The van der Waals surface area contributed by atoms with Crippen molar-refractivity contribution in [1.82, 2.24) is 19.8 Å². The predicted molar refractivity (Wildman–Crippen MR) is 70.0 cm³/mol. The molecule has 1 aliphatic heterocycles. The van der Waals surface area contributed by atoms with Crippen LogP contribution in [0.25, 0.3) is 0 Å². The molecule has 0 spiro atoms. The lowest BCUT2D eigenvalue weighted by atomic mass is 10.4. The first-order valence-corrected chi connectivity index (χ1v) is 6.79. The van der Waals surface area contributed by atoms with E-state index in [4.69, 9.17) is 0 Å². The Labute approximate surface area is 108 Å². The minimum Gasteiger partial charge on any atom is -0.341 e. The number of hydrogen-bond donors (Lipinski definition) is 1. The number of amides is 1. The average Bonchev–Trinajstić information content (AvgIpc) is 3.01. The van der Waals surface area contributed by atoms with Crippen molar-refractivity contribution in [1.29, 1.82) is 0 Å². The Balaban J connectivity index is 1.88. The molecule has 1 aromatic heterocycles. The molecule has 1 fully saturated rings. The fraction of sp³-hybridized carbons (Fsp3) is 0.692. The Morgan fingerprint density at radius 1 is 1.44 bits per heavy atom. The first kappa shape index (κ1) is 13.1. The van der Waals surface area contributed by atoms with Crippen LogP contribution in [-0.2, 0) is 17.9 Å². The van der Waals surface area contributed by atoms with Crippen LogP contribution in [-0.4, -0.2) is 40.0 Å². The van der Waals surface area contributed by atoms with Gasteiger partial charge in [-0.2, -0.15) is 0 Å². The van der Waals surface area contributed by atoms with Crippen molar-refractivity contribution < 1.29 is 4.79 Å². The van der Waals surface area contributed by atoms with Gasteiger partial charge in [-0.25, -0.2) is 4.98 Å². The monoisotopic (exact) mass is 250 g/mol. The maximum atomic E-state index is 12.1. The van der Waals surface area contributed by atoms with Gasteiger partial charge in [0, 0.05) is 25.5 Å². The summed E-state index contributed by atoms with van der Waals surface area (Å²) < 4.78 is 1.95. The molecule has 1 N–H and O–H groups in total. The van der Waals surface area contributed by atoms with E-state index < -0.39 is 0 Å². The van der Waals surface area contributed by atoms with Crippen molar-refractivity contribution in [3.63, 3.8) is 0 Å². The predicted octanol–water partition coefficient (Wildman–Crippen LogP) is 1.01. The number of carbonyl (C=O) groups excluding carboxylic acids is 1. The molecular weight excluding hydrogens is 228 g/mol. The van der Waals surface area contributed by atoms with E-state index >= 15 is 0 Å². The Bertz CT molecular complexity index is 382. The van der Waals surface area contributed by atoms with Crippen LogP contribution >= 0.6 is 0 Å². The summed E-state index contributed by atoms with van der Waals surface area (Å²) in [6, 6.07) is 0. The minimum atomic E-state index is 0.210. The third-order valence-corrected chi connectivity index (χ3v) is 3.28. The van der Waals surface area contributed by atoms with E-state index in [-0.39, 0.29) is 5.91 Å². The van der Waals surface area contributed by atoms with Crippen molar-refractivity contribution >= 4 is 5.91 Å². The third kappa shape index (κ3) is 3.32. The van der Waals surface area contributed by atoms with Gasteiger partial charge in [-0.1, -0.05) is 6.92 Å². The fourth-order valence-corrected chi connectivity index (χ4v) is 2.24. The molecule has 18 heavy (non-hydrogen) atoms. The van der Waals surface area contributed by atoms with Crippen LogP contribution in [0.4, 0.5) is 0 Å². The highest BCUT2D eigenvalue weighted by atomic mass is 16.2. The Hall–Kier alpha value is -1.36. The molecule has 1 saturated heterocycles. The maximum Gasteiger partial charge on any atom is 0.242 e. The molecule has 2 rings (SSSR count). The van der Waals surface area contributed by atoms with Crippen LogP contribution in [0, 0.1) is 0 Å². The van der Waals surface area contributed by atoms with Crippen molar-refractivity contribution in [2.75, 3.05) is 19.6 Å². The van der Waals surface area contributed by atoms with Crippen LogP contribution in [0.5, 0.6) is 0 Å². The molecule has 1 aliphatic rings. The van der Waals surface area contributed by atoms with Crippen LogP contribution in [0.2, 0.25) is 0 Å². The highest BCUT2D eigenvalue weighted by molar-refractivity contribution is 5.76. The lowest BCUT2D eigenvalue weighted by Crippen LogP contribution is -2.31. The zero-order valence-electron chi connectivity index (χ0n) is 11.1. The number of imidazole rings is 1. The molecule has 0 radical (unpaired) electrons. The molecule has 0 aliphatic carbocycles. The van der Waals surface area contributed by atoms with Gasteiger partial charge >= 0.3 is 0 Å². The van der Waals surface area contributed by atoms with E-state index in [1.165, 1.54) is 0 Å². The van der Waals surface area contributed by atoms with Crippen molar-refractivity contribution in [3.8, 4) is 0 Å². The molecule has 5 nitrogen and oxygen atoms in total. The summed E-state index contributed by atoms with van der Waals surface area (Å²) >= 11 is 0. The van der Waals surface area contributed by atoms with E-state index in [1.54, 1.807) is 6.20 Å². The molecule has 100 valence electrons. The van der Waals surface area contributed by atoms with Crippen molar-refractivity contribution in [2.45, 2.75) is 39.3 Å². The third-order valence-electron chi connectivity index (χ3n) is 3.28. The number of rotatable bonds is 6. The van der Waals surface area contributed by atoms with Gasteiger partial charge in [0.05, 0.1) is 6.54 Å². The van der Waals surface area contributed by atoms with Gasteiger partial charge in [0.1, 0.15) is 12.4 Å². The van der Waals surface area contributed by atoms with Gasteiger partial charge in [0.15, 0.2) is 0 Å². The van der Waals surface area contributed by atoms with Crippen LogP contribution < -0.4 is 5.32 Å². The van der Waals surface area contributed by atoms with E-state index in [0.29, 0.717) is 6.54 Å². The Kier molecular flexibility index (Phi) is 4.75.